The fourth-order valence-corrected chi connectivity index (χ4v) is 6.72. The van der Waals surface area contributed by atoms with Crippen LogP contribution in [-0.2, 0) is 19.0 Å². The van der Waals surface area contributed by atoms with Crippen molar-refractivity contribution in [3.63, 3.8) is 0 Å². The van der Waals surface area contributed by atoms with Gasteiger partial charge in [-0.25, -0.2) is 0 Å². The number of hydrogen-bond donors (Lipinski definition) is 1. The molecule has 2 amide bonds. The number of amides is 2. The Morgan fingerprint density at radius 1 is 1.15 bits per heavy atom. The number of hydrogen-bond acceptors (Lipinski definition) is 7. The van der Waals surface area contributed by atoms with E-state index in [-0.39, 0.29) is 30.9 Å². The molecule has 9 heteroatoms. The van der Waals surface area contributed by atoms with Gasteiger partial charge in [-0.1, -0.05) is 31.9 Å². The lowest BCUT2D eigenvalue weighted by molar-refractivity contribution is -0.245. The van der Waals surface area contributed by atoms with Gasteiger partial charge in [0.05, 0.1) is 5.92 Å². The summed E-state index contributed by atoms with van der Waals surface area (Å²) in [6, 6.07) is 6.71. The number of terminal acetylenes is 1. The molecule has 0 radical (unpaired) electrons. The maximum atomic E-state index is 14.5. The molecule has 1 N–H and O–H groups in total. The number of nitrogens with zero attached hydrogens (tertiary/aromatic N) is 3. The van der Waals surface area contributed by atoms with Crippen LogP contribution in [0.4, 0.5) is 5.69 Å². The van der Waals surface area contributed by atoms with E-state index >= 15 is 0 Å². The Hall–Kier alpha value is -3.16. The van der Waals surface area contributed by atoms with Crippen molar-refractivity contribution < 1.29 is 23.8 Å². The number of rotatable bonds is 10. The van der Waals surface area contributed by atoms with Crippen molar-refractivity contribution in [2.75, 3.05) is 65.5 Å². The van der Waals surface area contributed by atoms with Gasteiger partial charge in [0, 0.05) is 58.2 Å². The molecule has 3 saturated heterocycles. The molecule has 4 unspecified atom stereocenters. The summed E-state index contributed by atoms with van der Waals surface area (Å²) in [4.78, 5) is 34.2. The first-order chi connectivity index (χ1) is 19.6. The number of likely N-dealkylation sites (tertiary alicyclic amines) is 1. The highest BCUT2D eigenvalue weighted by Crippen LogP contribution is 2.58. The van der Waals surface area contributed by atoms with Gasteiger partial charge in [-0.3, -0.25) is 9.59 Å². The number of anilines is 1. The molecule has 3 aliphatic heterocycles. The highest BCUT2D eigenvalue weighted by atomic mass is 16.7. The summed E-state index contributed by atoms with van der Waals surface area (Å²) in [6.45, 7) is 16.2. The molecule has 3 aliphatic rings. The Morgan fingerprint density at radius 3 is 2.29 bits per heavy atom. The van der Waals surface area contributed by atoms with Gasteiger partial charge < -0.3 is 34.2 Å². The van der Waals surface area contributed by atoms with Gasteiger partial charge in [0.25, 0.3) is 5.91 Å². The van der Waals surface area contributed by atoms with Crippen molar-refractivity contribution in [1.82, 2.24) is 15.1 Å². The molecule has 1 aromatic carbocycles. The van der Waals surface area contributed by atoms with Gasteiger partial charge in [0.1, 0.15) is 18.2 Å². The van der Waals surface area contributed by atoms with Crippen molar-refractivity contribution in [1.29, 1.82) is 0 Å². The predicted molar refractivity (Wildman–Crippen MR) is 159 cm³/mol. The normalized spacial score (nSPS) is 28.2. The molecule has 4 rings (SSSR count). The van der Waals surface area contributed by atoms with E-state index in [1.54, 1.807) is 17.1 Å². The monoisotopic (exact) mass is 564 g/mol. The zero-order valence-electron chi connectivity index (χ0n) is 25.0. The van der Waals surface area contributed by atoms with E-state index in [2.05, 4.69) is 41.2 Å². The number of likely N-dealkylation sites (N-methyl/N-ethyl adjacent to an activating group) is 1. The van der Waals surface area contributed by atoms with Gasteiger partial charge >= 0.3 is 0 Å². The van der Waals surface area contributed by atoms with E-state index < -0.39 is 28.9 Å². The zero-order chi connectivity index (χ0) is 30.0. The summed E-state index contributed by atoms with van der Waals surface area (Å²) in [5, 5.41) is 3.01. The Kier molecular flexibility index (Phi) is 9.00. The number of carbonyl (C=O) groups excluding carboxylic acids is 2. The van der Waals surface area contributed by atoms with Gasteiger partial charge in [-0.05, 0) is 43.7 Å². The second-order valence-corrected chi connectivity index (χ2v) is 11.6. The summed E-state index contributed by atoms with van der Waals surface area (Å²) in [5.41, 5.74) is -0.939. The van der Waals surface area contributed by atoms with Crippen molar-refractivity contribution in [3.8, 4) is 12.3 Å². The average Bonchev–Trinajstić information content (AvgIpc) is 3.44. The number of methoxy groups -OCH3 is 2. The van der Waals surface area contributed by atoms with Crippen LogP contribution < -0.4 is 10.2 Å². The third-order valence-electron chi connectivity index (χ3n) is 9.02. The Bertz CT molecular complexity index is 1180. The van der Waals surface area contributed by atoms with Gasteiger partial charge in [0.2, 0.25) is 11.7 Å². The number of piperazine rings is 1. The second kappa shape index (κ2) is 12.0. The predicted octanol–water partition coefficient (Wildman–Crippen LogP) is 2.54. The van der Waals surface area contributed by atoms with Crippen LogP contribution in [0.1, 0.15) is 30.6 Å². The molecular weight excluding hydrogens is 520 g/mol. The smallest absolute Gasteiger partial charge is 0.251 e. The number of nitrogens with one attached hydrogen (secondary N) is 1. The third-order valence-corrected chi connectivity index (χ3v) is 9.02. The summed E-state index contributed by atoms with van der Waals surface area (Å²) >= 11 is 0. The van der Waals surface area contributed by atoms with Crippen LogP contribution in [0, 0.1) is 24.2 Å². The largest absolute Gasteiger partial charge is 0.369 e. The SMILES string of the molecule is C#CC1CN(C(=O)C(CC(C)C)NC(=O)c2ccc(N3CCN(C)CC3)cc2)C2(C=C)C(OC)(OC)COC12C=C. The lowest BCUT2D eigenvalue weighted by Gasteiger charge is -2.48. The van der Waals surface area contributed by atoms with E-state index in [0.29, 0.717) is 12.0 Å². The number of benzene rings is 1. The van der Waals surface area contributed by atoms with Gasteiger partial charge in [-0.2, -0.15) is 0 Å². The molecule has 3 fully saturated rings. The van der Waals surface area contributed by atoms with Gasteiger partial charge in [-0.15, -0.1) is 19.6 Å². The third kappa shape index (κ3) is 4.87. The zero-order valence-corrected chi connectivity index (χ0v) is 25.0. The Morgan fingerprint density at radius 2 is 1.78 bits per heavy atom. The van der Waals surface area contributed by atoms with E-state index in [1.165, 1.54) is 14.2 Å². The molecule has 0 bridgehead atoms. The quantitative estimate of drug-likeness (QED) is 0.266. The van der Waals surface area contributed by atoms with E-state index in [0.717, 1.165) is 31.9 Å². The molecule has 0 aromatic heterocycles. The standard InChI is InChI=1S/C32H44N4O5/c1-9-25-21-36(31(11-3)30(25,10-2)41-22-32(31,39-7)40-8)29(38)27(20-23(4)5)33-28(37)24-12-14-26(15-13-24)35-18-16-34(6)17-19-35/h1,10-15,23,25,27H,2-3,16-22H2,4-8H3,(H,33,37). The summed E-state index contributed by atoms with van der Waals surface area (Å²) < 4.78 is 18.1. The maximum absolute atomic E-state index is 14.5. The minimum absolute atomic E-state index is 0.0147. The molecule has 1 aromatic rings. The summed E-state index contributed by atoms with van der Waals surface area (Å²) in [6.07, 6.45) is 9.65. The van der Waals surface area contributed by atoms with Crippen molar-refractivity contribution in [2.45, 2.75) is 43.2 Å². The fourth-order valence-electron chi connectivity index (χ4n) is 6.72. The molecule has 0 spiro atoms. The molecule has 9 nitrogen and oxygen atoms in total. The molecule has 3 heterocycles. The van der Waals surface area contributed by atoms with Crippen LogP contribution in [0.2, 0.25) is 0 Å². The highest BCUT2D eigenvalue weighted by Gasteiger charge is 2.78. The highest BCUT2D eigenvalue weighted by molar-refractivity contribution is 5.98. The molecule has 0 saturated carbocycles. The number of ether oxygens (including phenoxy) is 3. The first-order valence-corrected chi connectivity index (χ1v) is 14.2. The molecular formula is C32H44N4O5. The molecule has 0 aliphatic carbocycles. The van der Waals surface area contributed by atoms with E-state index in [4.69, 9.17) is 20.6 Å². The van der Waals surface area contributed by atoms with Crippen LogP contribution >= 0.6 is 0 Å². The summed E-state index contributed by atoms with van der Waals surface area (Å²) in [5.74, 6) is 0.365. The van der Waals surface area contributed by atoms with E-state index in [1.807, 2.05) is 38.1 Å². The summed E-state index contributed by atoms with van der Waals surface area (Å²) in [7, 11) is 5.12. The van der Waals surface area contributed by atoms with E-state index in [9.17, 15) is 9.59 Å². The topological polar surface area (TPSA) is 83.6 Å². The minimum Gasteiger partial charge on any atom is -0.369 e. The molecule has 222 valence electrons. The second-order valence-electron chi connectivity index (χ2n) is 11.6. The number of carbonyl (C=O) groups is 2. The Balaban J connectivity index is 1.63. The van der Waals surface area contributed by atoms with Crippen molar-refractivity contribution in [3.05, 3.63) is 55.1 Å². The number of fused-ring (bicyclic) bond motifs is 1. The average molecular weight is 565 g/mol. The Labute approximate surface area is 244 Å². The van der Waals surface area contributed by atoms with Crippen molar-refractivity contribution >= 4 is 17.5 Å². The molecule has 41 heavy (non-hydrogen) atoms. The van der Waals surface area contributed by atoms with Crippen LogP contribution in [-0.4, -0.2) is 105 Å². The molecule has 4 atom stereocenters. The first kappa shape index (κ1) is 30.8. The van der Waals surface area contributed by atoms with Gasteiger partial charge in [0.15, 0.2) is 5.54 Å². The van der Waals surface area contributed by atoms with Crippen LogP contribution in [0.15, 0.2) is 49.6 Å². The first-order valence-electron chi connectivity index (χ1n) is 14.2. The van der Waals surface area contributed by atoms with Crippen LogP contribution in [0.5, 0.6) is 0 Å². The van der Waals surface area contributed by atoms with Crippen LogP contribution in [0.25, 0.3) is 0 Å². The maximum Gasteiger partial charge on any atom is 0.251 e. The lowest BCUT2D eigenvalue weighted by Crippen LogP contribution is -2.70. The lowest BCUT2D eigenvalue weighted by atomic mass is 9.72. The fraction of sp³-hybridized carbons (Fsp3) is 0.562. The van der Waals surface area contributed by atoms with Crippen LogP contribution in [0.3, 0.4) is 0 Å². The minimum atomic E-state index is -1.38. The van der Waals surface area contributed by atoms with Crippen molar-refractivity contribution in [2.24, 2.45) is 11.8 Å².